The van der Waals surface area contributed by atoms with Gasteiger partial charge in [0.25, 0.3) is 10.0 Å². The second-order valence-electron chi connectivity index (χ2n) is 11.5. The van der Waals surface area contributed by atoms with E-state index >= 15 is 0 Å². The van der Waals surface area contributed by atoms with Gasteiger partial charge in [0.1, 0.15) is 12.6 Å². The highest BCUT2D eigenvalue weighted by Gasteiger charge is 2.35. The van der Waals surface area contributed by atoms with Crippen LogP contribution >= 0.6 is 0 Å². The van der Waals surface area contributed by atoms with Crippen molar-refractivity contribution in [2.24, 2.45) is 5.92 Å². The molecule has 0 saturated heterocycles. The van der Waals surface area contributed by atoms with Crippen molar-refractivity contribution in [2.75, 3.05) is 17.4 Å². The summed E-state index contributed by atoms with van der Waals surface area (Å²) in [6.07, 6.45) is 0.276. The minimum absolute atomic E-state index is 0.0804. The highest BCUT2D eigenvalue weighted by atomic mass is 32.2. The standard InChI is InChI=1S/C36H41N3O4S/c1-27(2)24-37-36(41)34(23-30-16-7-5-8-17-30)38(25-31-18-13-14-28(3)22-31)35(40)26-39(33-21-12-11-15-29(33)4)44(42,43)32-19-9-6-10-20-32/h5-22,27,34H,23-26H2,1-4H3,(H,37,41)/t34-/m1/s1. The van der Waals surface area contributed by atoms with E-state index in [9.17, 15) is 18.0 Å². The number of nitrogens with one attached hydrogen (secondary N) is 1. The third-order valence-corrected chi connectivity index (χ3v) is 9.16. The number of rotatable bonds is 13. The first kappa shape index (κ1) is 32.5. The lowest BCUT2D eigenvalue weighted by atomic mass is 10.0. The van der Waals surface area contributed by atoms with Gasteiger partial charge in [0.05, 0.1) is 10.6 Å². The van der Waals surface area contributed by atoms with Crippen molar-refractivity contribution in [3.63, 3.8) is 0 Å². The number of hydrogen-bond acceptors (Lipinski definition) is 4. The molecule has 0 radical (unpaired) electrons. The Balaban J connectivity index is 1.80. The van der Waals surface area contributed by atoms with E-state index in [-0.39, 0.29) is 29.7 Å². The van der Waals surface area contributed by atoms with E-state index in [0.717, 1.165) is 21.0 Å². The van der Waals surface area contributed by atoms with Gasteiger partial charge >= 0.3 is 0 Å². The fourth-order valence-electron chi connectivity index (χ4n) is 5.06. The van der Waals surface area contributed by atoms with E-state index < -0.39 is 28.5 Å². The molecule has 0 fully saturated rings. The van der Waals surface area contributed by atoms with Crippen LogP contribution in [0.4, 0.5) is 5.69 Å². The Morgan fingerprint density at radius 3 is 2.02 bits per heavy atom. The number of para-hydroxylation sites is 1. The average molecular weight is 612 g/mol. The number of aryl methyl sites for hydroxylation is 2. The Morgan fingerprint density at radius 1 is 0.773 bits per heavy atom. The second kappa shape index (κ2) is 14.8. The molecule has 8 heteroatoms. The second-order valence-corrected chi connectivity index (χ2v) is 13.3. The summed E-state index contributed by atoms with van der Waals surface area (Å²) >= 11 is 0. The molecule has 1 atom stereocenters. The minimum atomic E-state index is -4.13. The molecular formula is C36H41N3O4S. The average Bonchev–Trinajstić information content (AvgIpc) is 3.01. The number of hydrogen-bond donors (Lipinski definition) is 1. The van der Waals surface area contributed by atoms with Crippen molar-refractivity contribution in [1.29, 1.82) is 0 Å². The van der Waals surface area contributed by atoms with E-state index in [0.29, 0.717) is 17.8 Å². The van der Waals surface area contributed by atoms with Crippen molar-refractivity contribution in [2.45, 2.75) is 51.6 Å². The molecule has 0 aliphatic carbocycles. The van der Waals surface area contributed by atoms with Crippen LogP contribution in [0.15, 0.2) is 114 Å². The van der Waals surface area contributed by atoms with Crippen LogP contribution in [-0.2, 0) is 32.6 Å². The van der Waals surface area contributed by atoms with E-state index in [4.69, 9.17) is 0 Å². The molecule has 230 valence electrons. The first-order valence-electron chi connectivity index (χ1n) is 14.9. The Kier molecular flexibility index (Phi) is 11.0. The predicted molar refractivity (Wildman–Crippen MR) is 176 cm³/mol. The van der Waals surface area contributed by atoms with Crippen LogP contribution in [0.1, 0.15) is 36.1 Å². The maximum absolute atomic E-state index is 14.5. The summed E-state index contributed by atoms with van der Waals surface area (Å²) in [6, 6.07) is 31.7. The molecule has 0 bridgehead atoms. The van der Waals surface area contributed by atoms with Crippen LogP contribution < -0.4 is 9.62 Å². The third kappa shape index (κ3) is 8.35. The number of carbonyl (C=O) groups is 2. The Labute approximate surface area is 261 Å². The zero-order valence-corrected chi connectivity index (χ0v) is 26.6. The van der Waals surface area contributed by atoms with Gasteiger partial charge in [-0.05, 0) is 54.7 Å². The van der Waals surface area contributed by atoms with Gasteiger partial charge in [-0.3, -0.25) is 13.9 Å². The zero-order valence-electron chi connectivity index (χ0n) is 25.8. The lowest BCUT2D eigenvalue weighted by molar-refractivity contribution is -0.140. The Morgan fingerprint density at radius 2 is 1.39 bits per heavy atom. The topological polar surface area (TPSA) is 86.8 Å². The molecule has 2 amide bonds. The lowest BCUT2D eigenvalue weighted by Crippen LogP contribution is -2.53. The highest BCUT2D eigenvalue weighted by molar-refractivity contribution is 7.92. The summed E-state index contributed by atoms with van der Waals surface area (Å²) in [5.74, 6) is -0.545. The van der Waals surface area contributed by atoms with Crippen molar-refractivity contribution in [3.8, 4) is 0 Å². The van der Waals surface area contributed by atoms with Gasteiger partial charge in [0.15, 0.2) is 0 Å². The molecule has 1 N–H and O–H groups in total. The number of nitrogens with zero attached hydrogens (tertiary/aromatic N) is 2. The van der Waals surface area contributed by atoms with Crippen LogP contribution in [0.5, 0.6) is 0 Å². The summed E-state index contributed by atoms with van der Waals surface area (Å²) in [7, 11) is -4.13. The van der Waals surface area contributed by atoms with E-state index in [2.05, 4.69) is 5.32 Å². The molecule has 4 aromatic carbocycles. The van der Waals surface area contributed by atoms with Gasteiger partial charge in [0.2, 0.25) is 11.8 Å². The molecule has 4 rings (SSSR count). The molecule has 0 aliphatic heterocycles. The summed E-state index contributed by atoms with van der Waals surface area (Å²) in [5, 5.41) is 3.02. The van der Waals surface area contributed by atoms with Crippen LogP contribution in [0, 0.1) is 19.8 Å². The molecule has 0 aromatic heterocycles. The smallest absolute Gasteiger partial charge is 0.264 e. The predicted octanol–water partition coefficient (Wildman–Crippen LogP) is 5.91. The number of carbonyl (C=O) groups excluding carboxylic acids is 2. The maximum atomic E-state index is 14.5. The normalized spacial score (nSPS) is 12.0. The molecule has 0 heterocycles. The van der Waals surface area contributed by atoms with E-state index in [1.807, 2.05) is 94.4 Å². The number of anilines is 1. The molecule has 44 heavy (non-hydrogen) atoms. The minimum Gasteiger partial charge on any atom is -0.354 e. The van der Waals surface area contributed by atoms with Gasteiger partial charge in [0, 0.05) is 19.5 Å². The highest BCUT2D eigenvalue weighted by Crippen LogP contribution is 2.27. The first-order valence-corrected chi connectivity index (χ1v) is 16.3. The van der Waals surface area contributed by atoms with Crippen LogP contribution in [0.25, 0.3) is 0 Å². The van der Waals surface area contributed by atoms with Crippen LogP contribution in [0.3, 0.4) is 0 Å². The van der Waals surface area contributed by atoms with Crippen LogP contribution in [-0.4, -0.2) is 44.3 Å². The largest absolute Gasteiger partial charge is 0.354 e. The lowest BCUT2D eigenvalue weighted by Gasteiger charge is -2.34. The zero-order chi connectivity index (χ0) is 31.7. The fourth-order valence-corrected chi connectivity index (χ4v) is 6.56. The van der Waals surface area contributed by atoms with Gasteiger partial charge in [-0.15, -0.1) is 0 Å². The van der Waals surface area contributed by atoms with Crippen LogP contribution in [0.2, 0.25) is 0 Å². The van der Waals surface area contributed by atoms with Gasteiger partial charge in [-0.1, -0.05) is 110 Å². The molecule has 7 nitrogen and oxygen atoms in total. The summed E-state index contributed by atoms with van der Waals surface area (Å²) in [5.41, 5.74) is 3.88. The Hall–Kier alpha value is -4.43. The molecular weight excluding hydrogens is 570 g/mol. The fraction of sp³-hybridized carbons (Fsp3) is 0.278. The quantitative estimate of drug-likeness (QED) is 0.204. The molecule has 0 saturated carbocycles. The van der Waals surface area contributed by atoms with Gasteiger partial charge in [-0.25, -0.2) is 8.42 Å². The maximum Gasteiger partial charge on any atom is 0.264 e. The molecule has 4 aromatic rings. The SMILES string of the molecule is Cc1cccc(CN(C(=O)CN(c2ccccc2C)S(=O)(=O)c2ccccc2)[C@H](Cc2ccccc2)C(=O)NCC(C)C)c1. The first-order chi connectivity index (χ1) is 21.1. The van der Waals surface area contributed by atoms with Gasteiger partial charge in [-0.2, -0.15) is 0 Å². The molecule has 0 aliphatic rings. The van der Waals surface area contributed by atoms with Crippen molar-refractivity contribution < 1.29 is 18.0 Å². The summed E-state index contributed by atoms with van der Waals surface area (Å²) in [6.45, 7) is 7.92. The molecule has 0 unspecified atom stereocenters. The third-order valence-electron chi connectivity index (χ3n) is 7.39. The number of amides is 2. The summed E-state index contributed by atoms with van der Waals surface area (Å²) < 4.78 is 29.3. The van der Waals surface area contributed by atoms with E-state index in [1.54, 1.807) is 30.3 Å². The van der Waals surface area contributed by atoms with Crippen molar-refractivity contribution in [1.82, 2.24) is 10.2 Å². The monoisotopic (exact) mass is 611 g/mol. The molecule has 0 spiro atoms. The number of benzene rings is 4. The van der Waals surface area contributed by atoms with Gasteiger partial charge < -0.3 is 10.2 Å². The Bertz CT molecular complexity index is 1660. The van der Waals surface area contributed by atoms with Crippen molar-refractivity contribution >= 4 is 27.5 Å². The van der Waals surface area contributed by atoms with E-state index in [1.165, 1.54) is 17.0 Å². The van der Waals surface area contributed by atoms with Crippen molar-refractivity contribution in [3.05, 3.63) is 131 Å². The number of sulfonamides is 1. The summed E-state index contributed by atoms with van der Waals surface area (Å²) in [4.78, 5) is 30.0.